The van der Waals surface area contributed by atoms with E-state index in [0.717, 1.165) is 22.6 Å². The van der Waals surface area contributed by atoms with Gasteiger partial charge in [-0.3, -0.25) is 0 Å². The van der Waals surface area contributed by atoms with Crippen molar-refractivity contribution in [1.82, 2.24) is 0 Å². The molecule has 1 aliphatic heterocycles. The summed E-state index contributed by atoms with van der Waals surface area (Å²) in [5.41, 5.74) is 2.10. The maximum absolute atomic E-state index is 6.53. The molecule has 0 N–H and O–H groups in total. The Morgan fingerprint density at radius 2 is 1.53 bits per heavy atom. The molecule has 0 saturated heterocycles. The van der Waals surface area contributed by atoms with Gasteiger partial charge in [0.05, 0.1) is 5.38 Å². The molecular weight excluding hydrogens is 375 g/mol. The van der Waals surface area contributed by atoms with Gasteiger partial charge < -0.3 is 9.47 Å². The third-order valence-electron chi connectivity index (χ3n) is 3.02. The normalized spacial score (nSPS) is 15.1. The van der Waals surface area contributed by atoms with Gasteiger partial charge in [-0.1, -0.05) is 18.2 Å². The molecule has 2 aromatic carbocycles. The third kappa shape index (κ3) is 2.82. The lowest BCUT2D eigenvalue weighted by molar-refractivity contribution is 0.171. The number of ether oxygens (including phenoxy) is 2. The summed E-state index contributed by atoms with van der Waals surface area (Å²) in [4.78, 5) is 0. The highest BCUT2D eigenvalue weighted by Crippen LogP contribution is 2.36. The molecule has 1 unspecified atom stereocenters. The molecule has 0 aliphatic carbocycles. The molecule has 0 amide bonds. The highest BCUT2D eigenvalue weighted by Gasteiger charge is 2.16. The van der Waals surface area contributed by atoms with Gasteiger partial charge in [0.25, 0.3) is 0 Å². The van der Waals surface area contributed by atoms with Gasteiger partial charge in [-0.05, 0) is 58.0 Å². The number of fused-ring (bicyclic) bond motifs is 1. The van der Waals surface area contributed by atoms with Gasteiger partial charge >= 0.3 is 0 Å². The average molecular weight is 387 g/mol. The molecule has 2 nitrogen and oxygen atoms in total. The minimum Gasteiger partial charge on any atom is -0.486 e. The highest BCUT2D eigenvalue weighted by molar-refractivity contribution is 14.1. The fourth-order valence-corrected chi connectivity index (χ4v) is 2.68. The van der Waals surface area contributed by atoms with E-state index in [2.05, 4.69) is 46.9 Å². The summed E-state index contributed by atoms with van der Waals surface area (Å²) in [5, 5.41) is -0.173. The minimum absolute atomic E-state index is 0.173. The van der Waals surface area contributed by atoms with Crippen LogP contribution in [0.3, 0.4) is 0 Å². The van der Waals surface area contributed by atoms with Crippen LogP contribution in [0, 0.1) is 3.57 Å². The molecule has 0 radical (unpaired) electrons. The number of hydrogen-bond acceptors (Lipinski definition) is 2. The maximum atomic E-state index is 6.53. The van der Waals surface area contributed by atoms with Gasteiger partial charge in [-0.25, -0.2) is 0 Å². The molecular formula is C15H12ClIO2. The first-order chi connectivity index (χ1) is 9.24. The fourth-order valence-electron chi connectivity index (χ4n) is 2.04. The molecule has 4 heteroatoms. The van der Waals surface area contributed by atoms with Crippen molar-refractivity contribution in [3.8, 4) is 11.5 Å². The average Bonchev–Trinajstić information content (AvgIpc) is 2.47. The van der Waals surface area contributed by atoms with Crippen LogP contribution in [-0.4, -0.2) is 13.2 Å². The SMILES string of the molecule is ClC(c1ccc(I)cc1)c1ccc2c(c1)OCCO2. The zero-order chi connectivity index (χ0) is 13.2. The van der Waals surface area contributed by atoms with Crippen LogP contribution in [-0.2, 0) is 0 Å². The van der Waals surface area contributed by atoms with Crippen molar-refractivity contribution in [2.75, 3.05) is 13.2 Å². The summed E-state index contributed by atoms with van der Waals surface area (Å²) >= 11 is 8.81. The van der Waals surface area contributed by atoms with E-state index in [1.807, 2.05) is 18.2 Å². The van der Waals surface area contributed by atoms with E-state index in [4.69, 9.17) is 21.1 Å². The number of benzene rings is 2. The van der Waals surface area contributed by atoms with E-state index in [-0.39, 0.29) is 5.38 Å². The number of halogens is 2. The summed E-state index contributed by atoms with van der Waals surface area (Å²) in [6, 6.07) is 14.1. The summed E-state index contributed by atoms with van der Waals surface area (Å²) in [5.74, 6) is 1.57. The van der Waals surface area contributed by atoms with Crippen molar-refractivity contribution in [2.45, 2.75) is 5.38 Å². The Morgan fingerprint density at radius 3 is 2.26 bits per heavy atom. The van der Waals surface area contributed by atoms with Crippen molar-refractivity contribution < 1.29 is 9.47 Å². The Kier molecular flexibility index (Phi) is 3.84. The summed E-state index contributed by atoms with van der Waals surface area (Å²) in [6.45, 7) is 1.20. The van der Waals surface area contributed by atoms with E-state index in [9.17, 15) is 0 Å². The summed E-state index contributed by atoms with van der Waals surface area (Å²) < 4.78 is 12.3. The van der Waals surface area contributed by atoms with Crippen molar-refractivity contribution in [2.24, 2.45) is 0 Å². The molecule has 0 saturated carbocycles. The smallest absolute Gasteiger partial charge is 0.161 e. The van der Waals surface area contributed by atoms with Crippen LogP contribution in [0.4, 0.5) is 0 Å². The Labute approximate surface area is 130 Å². The van der Waals surface area contributed by atoms with Crippen LogP contribution in [0.15, 0.2) is 42.5 Å². The lowest BCUT2D eigenvalue weighted by Gasteiger charge is -2.20. The molecule has 2 aromatic rings. The van der Waals surface area contributed by atoms with Gasteiger partial charge in [0.2, 0.25) is 0 Å². The lowest BCUT2D eigenvalue weighted by atomic mass is 10.0. The fraction of sp³-hybridized carbons (Fsp3) is 0.200. The van der Waals surface area contributed by atoms with Gasteiger partial charge in [-0.15, -0.1) is 11.6 Å². The van der Waals surface area contributed by atoms with Gasteiger partial charge in [-0.2, -0.15) is 0 Å². The van der Waals surface area contributed by atoms with Crippen molar-refractivity contribution in [3.05, 3.63) is 57.2 Å². The second-order valence-electron chi connectivity index (χ2n) is 4.32. The summed E-state index contributed by atoms with van der Waals surface area (Å²) in [7, 11) is 0. The largest absolute Gasteiger partial charge is 0.486 e. The van der Waals surface area contributed by atoms with Crippen LogP contribution >= 0.6 is 34.2 Å². The number of alkyl halides is 1. The Bertz CT molecular complexity index is 583. The number of hydrogen-bond donors (Lipinski definition) is 0. The first kappa shape index (κ1) is 13.1. The van der Waals surface area contributed by atoms with Gasteiger partial charge in [0.1, 0.15) is 13.2 Å². The Morgan fingerprint density at radius 1 is 0.895 bits per heavy atom. The van der Waals surface area contributed by atoms with Crippen molar-refractivity contribution >= 4 is 34.2 Å². The number of rotatable bonds is 2. The molecule has 0 bridgehead atoms. The van der Waals surface area contributed by atoms with E-state index in [1.54, 1.807) is 0 Å². The standard InChI is InChI=1S/C15H12ClIO2/c16-15(10-1-4-12(17)5-2-10)11-3-6-13-14(9-11)19-8-7-18-13/h1-6,9,15H,7-8H2. The van der Waals surface area contributed by atoms with Crippen LogP contribution < -0.4 is 9.47 Å². The van der Waals surface area contributed by atoms with Gasteiger partial charge in [0, 0.05) is 3.57 Å². The monoisotopic (exact) mass is 386 g/mol. The molecule has 1 atom stereocenters. The molecule has 0 fully saturated rings. The molecule has 98 valence electrons. The van der Waals surface area contributed by atoms with Crippen LogP contribution in [0.25, 0.3) is 0 Å². The van der Waals surface area contributed by atoms with E-state index in [1.165, 1.54) is 3.57 Å². The Hall–Kier alpha value is -0.940. The predicted octanol–water partition coefficient (Wildman–Crippen LogP) is 4.39. The zero-order valence-electron chi connectivity index (χ0n) is 10.1. The minimum atomic E-state index is -0.173. The van der Waals surface area contributed by atoms with Crippen molar-refractivity contribution in [1.29, 1.82) is 0 Å². The topological polar surface area (TPSA) is 18.5 Å². The second kappa shape index (κ2) is 5.59. The lowest BCUT2D eigenvalue weighted by Crippen LogP contribution is -2.15. The summed E-state index contributed by atoms with van der Waals surface area (Å²) in [6.07, 6.45) is 0. The molecule has 0 spiro atoms. The van der Waals surface area contributed by atoms with Crippen LogP contribution in [0.2, 0.25) is 0 Å². The predicted molar refractivity (Wildman–Crippen MR) is 84.3 cm³/mol. The Balaban J connectivity index is 1.91. The zero-order valence-corrected chi connectivity index (χ0v) is 13.0. The van der Waals surface area contributed by atoms with E-state index in [0.29, 0.717) is 13.2 Å². The first-order valence-corrected chi connectivity index (χ1v) is 7.54. The third-order valence-corrected chi connectivity index (χ3v) is 4.24. The van der Waals surface area contributed by atoms with Crippen LogP contribution in [0.1, 0.15) is 16.5 Å². The first-order valence-electron chi connectivity index (χ1n) is 6.03. The quantitative estimate of drug-likeness (QED) is 0.563. The second-order valence-corrected chi connectivity index (χ2v) is 6.00. The van der Waals surface area contributed by atoms with E-state index < -0.39 is 0 Å². The van der Waals surface area contributed by atoms with Crippen molar-refractivity contribution in [3.63, 3.8) is 0 Å². The molecule has 19 heavy (non-hydrogen) atoms. The maximum Gasteiger partial charge on any atom is 0.161 e. The molecule has 0 aromatic heterocycles. The molecule has 1 heterocycles. The highest BCUT2D eigenvalue weighted by atomic mass is 127. The molecule has 1 aliphatic rings. The molecule has 3 rings (SSSR count). The van der Waals surface area contributed by atoms with E-state index >= 15 is 0 Å². The van der Waals surface area contributed by atoms with Gasteiger partial charge in [0.15, 0.2) is 11.5 Å². The van der Waals surface area contributed by atoms with Crippen LogP contribution in [0.5, 0.6) is 11.5 Å².